The van der Waals surface area contributed by atoms with Crippen LogP contribution in [0, 0.1) is 5.82 Å². The molecular weight excluding hydrogens is 283 g/mol. The van der Waals surface area contributed by atoms with Crippen molar-refractivity contribution in [3.63, 3.8) is 0 Å². The Hall–Kier alpha value is -3.02. The lowest BCUT2D eigenvalue weighted by Crippen LogP contribution is -1.87. The van der Waals surface area contributed by atoms with Gasteiger partial charge in [0.25, 0.3) is 5.89 Å². The maximum absolute atomic E-state index is 13.8. The number of halogens is 1. The predicted octanol–water partition coefficient (Wildman–Crippen LogP) is 3.43. The lowest BCUT2D eigenvalue weighted by atomic mass is 10.2. The molecule has 0 radical (unpaired) electrons. The van der Waals surface area contributed by atoms with Crippen molar-refractivity contribution in [3.8, 4) is 22.8 Å². The number of nitrogens with zero attached hydrogens (tertiary/aromatic N) is 4. The van der Waals surface area contributed by atoms with Gasteiger partial charge in [-0.3, -0.25) is 0 Å². The quantitative estimate of drug-likeness (QED) is 0.568. The van der Waals surface area contributed by atoms with Gasteiger partial charge in [-0.1, -0.05) is 17.3 Å². The van der Waals surface area contributed by atoms with Crippen LogP contribution < -0.4 is 0 Å². The van der Waals surface area contributed by atoms with E-state index in [1.807, 2.05) is 29.8 Å². The number of benzene rings is 2. The van der Waals surface area contributed by atoms with Gasteiger partial charge in [0.05, 0.1) is 22.9 Å². The zero-order valence-electron chi connectivity index (χ0n) is 11.7. The maximum Gasteiger partial charge on any atom is 0.261 e. The van der Waals surface area contributed by atoms with E-state index in [1.165, 1.54) is 6.07 Å². The van der Waals surface area contributed by atoms with Crippen LogP contribution in [0.4, 0.5) is 4.39 Å². The molecule has 0 atom stereocenters. The fourth-order valence-electron chi connectivity index (χ4n) is 2.35. The second-order valence-corrected chi connectivity index (χ2v) is 4.96. The third-order valence-electron chi connectivity index (χ3n) is 3.51. The molecule has 0 aliphatic heterocycles. The van der Waals surface area contributed by atoms with Crippen molar-refractivity contribution < 1.29 is 8.91 Å². The number of hydrogen-bond donors (Lipinski definition) is 0. The molecule has 0 bridgehead atoms. The molecule has 0 spiro atoms. The van der Waals surface area contributed by atoms with Gasteiger partial charge in [0, 0.05) is 12.6 Å². The van der Waals surface area contributed by atoms with Crippen molar-refractivity contribution in [2.45, 2.75) is 0 Å². The van der Waals surface area contributed by atoms with Crippen molar-refractivity contribution in [1.82, 2.24) is 19.7 Å². The van der Waals surface area contributed by atoms with E-state index in [4.69, 9.17) is 4.52 Å². The molecule has 4 aromatic rings. The lowest BCUT2D eigenvalue weighted by Gasteiger charge is -1.97. The van der Waals surface area contributed by atoms with Crippen LogP contribution in [-0.2, 0) is 7.05 Å². The molecule has 2 aromatic heterocycles. The fourth-order valence-corrected chi connectivity index (χ4v) is 2.35. The molecule has 6 heteroatoms. The highest BCUT2D eigenvalue weighted by Gasteiger charge is 2.14. The number of rotatable bonds is 2. The highest BCUT2D eigenvalue weighted by molar-refractivity contribution is 5.80. The molecule has 5 nitrogen and oxygen atoms in total. The van der Waals surface area contributed by atoms with Crippen molar-refractivity contribution in [2.75, 3.05) is 0 Å². The summed E-state index contributed by atoms with van der Waals surface area (Å²) in [5.74, 6) is 0.194. The monoisotopic (exact) mass is 294 g/mol. The smallest absolute Gasteiger partial charge is 0.261 e. The summed E-state index contributed by atoms with van der Waals surface area (Å²) in [6, 6.07) is 12.0. The van der Waals surface area contributed by atoms with Gasteiger partial charge >= 0.3 is 0 Å². The average Bonchev–Trinajstić information content (AvgIpc) is 3.15. The Bertz CT molecular complexity index is 973. The fraction of sp³-hybridized carbons (Fsp3) is 0.0625. The molecule has 2 aromatic carbocycles. The Morgan fingerprint density at radius 1 is 1.14 bits per heavy atom. The summed E-state index contributed by atoms with van der Waals surface area (Å²) >= 11 is 0. The molecule has 0 saturated heterocycles. The number of fused-ring (bicyclic) bond motifs is 1. The first-order valence-electron chi connectivity index (χ1n) is 6.72. The van der Waals surface area contributed by atoms with Crippen molar-refractivity contribution in [3.05, 3.63) is 54.6 Å². The largest absolute Gasteiger partial charge is 0.334 e. The lowest BCUT2D eigenvalue weighted by molar-refractivity contribution is 0.429. The second kappa shape index (κ2) is 4.77. The van der Waals surface area contributed by atoms with E-state index < -0.39 is 0 Å². The Kier molecular flexibility index (Phi) is 2.75. The summed E-state index contributed by atoms with van der Waals surface area (Å²) in [6.07, 6.45) is 1.75. The minimum atomic E-state index is -0.389. The van der Waals surface area contributed by atoms with Crippen LogP contribution in [0.2, 0.25) is 0 Å². The van der Waals surface area contributed by atoms with E-state index in [9.17, 15) is 4.39 Å². The SMILES string of the molecule is Cn1cnc2ccc(-c3noc(-c4ccccc4F)n3)cc21. The predicted molar refractivity (Wildman–Crippen MR) is 79.4 cm³/mol. The van der Waals surface area contributed by atoms with Crippen LogP contribution >= 0.6 is 0 Å². The third-order valence-corrected chi connectivity index (χ3v) is 3.51. The molecule has 0 aliphatic rings. The normalized spacial score (nSPS) is 11.2. The van der Waals surface area contributed by atoms with Crippen LogP contribution in [-0.4, -0.2) is 19.7 Å². The topological polar surface area (TPSA) is 56.7 Å². The minimum absolute atomic E-state index is 0.165. The van der Waals surface area contributed by atoms with Crippen LogP contribution in [0.1, 0.15) is 0 Å². The molecule has 4 rings (SSSR count). The summed E-state index contributed by atoms with van der Waals surface area (Å²) in [7, 11) is 1.92. The van der Waals surface area contributed by atoms with Gasteiger partial charge < -0.3 is 9.09 Å². The van der Waals surface area contributed by atoms with Gasteiger partial charge in [0.2, 0.25) is 5.82 Å². The Morgan fingerprint density at radius 2 is 2.00 bits per heavy atom. The van der Waals surface area contributed by atoms with Gasteiger partial charge in [0.15, 0.2) is 0 Å². The van der Waals surface area contributed by atoms with Gasteiger partial charge in [-0.05, 0) is 30.3 Å². The average molecular weight is 294 g/mol. The van der Waals surface area contributed by atoms with Gasteiger partial charge in [0.1, 0.15) is 5.82 Å². The van der Waals surface area contributed by atoms with Crippen molar-refractivity contribution in [1.29, 1.82) is 0 Å². The Labute approximate surface area is 125 Å². The standard InChI is InChI=1S/C16H11FN4O/c1-21-9-18-13-7-6-10(8-14(13)21)15-19-16(22-20-15)11-4-2-3-5-12(11)17/h2-9H,1H3. The Balaban J connectivity index is 1.80. The van der Waals surface area contributed by atoms with E-state index in [2.05, 4.69) is 15.1 Å². The molecule has 0 amide bonds. The highest BCUT2D eigenvalue weighted by Crippen LogP contribution is 2.26. The highest BCUT2D eigenvalue weighted by atomic mass is 19.1. The summed E-state index contributed by atoms with van der Waals surface area (Å²) in [4.78, 5) is 8.55. The molecule has 2 heterocycles. The van der Waals surface area contributed by atoms with Crippen molar-refractivity contribution in [2.24, 2.45) is 7.05 Å². The molecule has 0 fully saturated rings. The zero-order chi connectivity index (χ0) is 15.1. The number of aryl methyl sites for hydroxylation is 1. The summed E-state index contributed by atoms with van der Waals surface area (Å²) < 4.78 is 20.9. The van der Waals surface area contributed by atoms with Crippen LogP contribution in [0.3, 0.4) is 0 Å². The number of aromatic nitrogens is 4. The Morgan fingerprint density at radius 3 is 2.86 bits per heavy atom. The molecule has 0 aliphatic carbocycles. The van der Waals surface area contributed by atoms with E-state index in [0.717, 1.165) is 16.6 Å². The summed E-state index contributed by atoms with van der Waals surface area (Å²) in [5.41, 5.74) is 2.95. The van der Waals surface area contributed by atoms with Gasteiger partial charge in [-0.2, -0.15) is 4.98 Å². The number of hydrogen-bond acceptors (Lipinski definition) is 4. The minimum Gasteiger partial charge on any atom is -0.334 e. The van der Waals surface area contributed by atoms with Crippen LogP contribution in [0.15, 0.2) is 53.3 Å². The molecule has 0 unspecified atom stereocenters. The van der Waals surface area contributed by atoms with Crippen molar-refractivity contribution >= 4 is 11.0 Å². The summed E-state index contributed by atoms with van der Waals surface area (Å²) in [5, 5.41) is 3.94. The van der Waals surface area contributed by atoms with Crippen LogP contribution in [0.25, 0.3) is 33.9 Å². The van der Waals surface area contributed by atoms with E-state index in [0.29, 0.717) is 11.4 Å². The van der Waals surface area contributed by atoms with Gasteiger partial charge in [-0.15, -0.1) is 0 Å². The van der Waals surface area contributed by atoms with E-state index in [1.54, 1.807) is 24.5 Å². The molecular formula is C16H11FN4O. The molecule has 0 saturated carbocycles. The first-order chi connectivity index (χ1) is 10.7. The molecule has 0 N–H and O–H groups in total. The summed E-state index contributed by atoms with van der Waals surface area (Å²) in [6.45, 7) is 0. The molecule has 22 heavy (non-hydrogen) atoms. The van der Waals surface area contributed by atoms with Gasteiger partial charge in [-0.25, -0.2) is 9.37 Å². The zero-order valence-corrected chi connectivity index (χ0v) is 11.7. The maximum atomic E-state index is 13.8. The van der Waals surface area contributed by atoms with E-state index >= 15 is 0 Å². The third kappa shape index (κ3) is 1.96. The van der Waals surface area contributed by atoms with Crippen LogP contribution in [0.5, 0.6) is 0 Å². The first-order valence-corrected chi connectivity index (χ1v) is 6.72. The second-order valence-electron chi connectivity index (χ2n) is 4.96. The van der Waals surface area contributed by atoms with E-state index in [-0.39, 0.29) is 11.7 Å². The molecule has 108 valence electrons. The number of imidazole rings is 1. The first kappa shape index (κ1) is 12.7.